The van der Waals surface area contributed by atoms with Gasteiger partial charge in [0.25, 0.3) is 0 Å². The maximum Gasteiger partial charge on any atom is 0.223 e. The highest BCUT2D eigenvalue weighted by Crippen LogP contribution is 1.69. The van der Waals surface area contributed by atoms with Gasteiger partial charge in [-0.05, 0) is 6.92 Å². The SMILES string of the molecule is CC(C=NNC(=N)NN)=NNC(=N)N. The highest BCUT2D eigenvalue weighted by Gasteiger charge is 1.87. The van der Waals surface area contributed by atoms with Crippen molar-refractivity contribution in [2.75, 3.05) is 0 Å². The lowest BCUT2D eigenvalue weighted by Crippen LogP contribution is -2.38. The molecule has 0 aliphatic heterocycles. The number of nitrogens with one attached hydrogen (secondary N) is 5. The summed E-state index contributed by atoms with van der Waals surface area (Å²) in [5.41, 5.74) is 12.0. The van der Waals surface area contributed by atoms with E-state index in [1.54, 1.807) is 6.92 Å². The number of hydrogen-bond acceptors (Lipinski definition) is 5. The van der Waals surface area contributed by atoms with Crippen molar-refractivity contribution in [2.24, 2.45) is 21.8 Å². The molecule has 0 radical (unpaired) electrons. The first-order chi connectivity index (χ1) is 6.56. The van der Waals surface area contributed by atoms with Crippen LogP contribution in [0.1, 0.15) is 6.92 Å². The number of hydrazone groups is 2. The second-order valence-electron chi connectivity index (χ2n) is 2.17. The lowest BCUT2D eigenvalue weighted by atomic mass is 10.5. The normalized spacial score (nSPS) is 11.1. The van der Waals surface area contributed by atoms with Crippen molar-refractivity contribution in [3.8, 4) is 0 Å². The first-order valence-electron chi connectivity index (χ1n) is 3.55. The minimum Gasteiger partial charge on any atom is -0.369 e. The van der Waals surface area contributed by atoms with E-state index in [9.17, 15) is 0 Å². The van der Waals surface area contributed by atoms with E-state index in [1.165, 1.54) is 6.21 Å². The van der Waals surface area contributed by atoms with Crippen LogP contribution in [0.3, 0.4) is 0 Å². The molecule has 0 saturated heterocycles. The molecule has 0 aliphatic rings. The third kappa shape index (κ3) is 6.54. The fourth-order valence-corrected chi connectivity index (χ4v) is 0.400. The third-order valence-corrected chi connectivity index (χ3v) is 0.925. The van der Waals surface area contributed by atoms with Gasteiger partial charge in [-0.3, -0.25) is 16.2 Å². The first-order valence-corrected chi connectivity index (χ1v) is 3.55. The Morgan fingerprint density at radius 1 is 1.36 bits per heavy atom. The monoisotopic (exact) mass is 199 g/mol. The van der Waals surface area contributed by atoms with E-state index in [-0.39, 0.29) is 11.9 Å². The van der Waals surface area contributed by atoms with Crippen LogP contribution in [-0.4, -0.2) is 23.8 Å². The van der Waals surface area contributed by atoms with E-state index in [1.807, 2.05) is 5.43 Å². The van der Waals surface area contributed by atoms with Crippen LogP contribution < -0.4 is 27.9 Å². The maximum atomic E-state index is 6.98. The fourth-order valence-electron chi connectivity index (χ4n) is 0.400. The van der Waals surface area contributed by atoms with Crippen LogP contribution in [0.25, 0.3) is 0 Å². The largest absolute Gasteiger partial charge is 0.369 e. The Balaban J connectivity index is 3.92. The number of nitrogens with two attached hydrogens (primary N) is 2. The zero-order valence-corrected chi connectivity index (χ0v) is 7.63. The van der Waals surface area contributed by atoms with Gasteiger partial charge in [0.1, 0.15) is 0 Å². The van der Waals surface area contributed by atoms with Crippen LogP contribution in [0.4, 0.5) is 0 Å². The summed E-state index contributed by atoms with van der Waals surface area (Å²) in [7, 11) is 0. The number of rotatable bonds is 3. The van der Waals surface area contributed by atoms with Gasteiger partial charge in [0.15, 0.2) is 0 Å². The summed E-state index contributed by atoms with van der Waals surface area (Å²) in [6.07, 6.45) is 1.34. The van der Waals surface area contributed by atoms with Gasteiger partial charge in [-0.25, -0.2) is 16.7 Å². The Morgan fingerprint density at radius 3 is 2.50 bits per heavy atom. The summed E-state index contributed by atoms with van der Waals surface area (Å²) >= 11 is 0. The lowest BCUT2D eigenvalue weighted by molar-refractivity contribution is 0.889. The molecule has 0 fully saturated rings. The molecule has 0 aromatic heterocycles. The molecule has 0 unspecified atom stereocenters. The third-order valence-electron chi connectivity index (χ3n) is 0.925. The Bertz CT molecular complexity index is 264. The second-order valence-corrected chi connectivity index (χ2v) is 2.17. The van der Waals surface area contributed by atoms with Crippen LogP contribution in [0, 0.1) is 10.8 Å². The van der Waals surface area contributed by atoms with Crippen molar-refractivity contribution in [1.82, 2.24) is 16.3 Å². The number of hydrogen-bond donors (Lipinski definition) is 7. The van der Waals surface area contributed by atoms with Crippen LogP contribution in [0.15, 0.2) is 10.2 Å². The molecule has 0 rings (SSSR count). The predicted molar refractivity (Wildman–Crippen MR) is 54.8 cm³/mol. The van der Waals surface area contributed by atoms with Gasteiger partial charge in [0.05, 0.1) is 11.9 Å². The summed E-state index contributed by atoms with van der Waals surface area (Å²) in [4.78, 5) is 0. The minimum absolute atomic E-state index is 0.145. The fraction of sp³-hybridized carbons (Fsp3) is 0.200. The Labute approximate surface area is 80.6 Å². The van der Waals surface area contributed by atoms with Crippen LogP contribution in [0.2, 0.25) is 0 Å². The first kappa shape index (κ1) is 11.8. The number of hydrazine groups is 1. The Kier molecular flexibility index (Phi) is 5.38. The molecule has 9 nitrogen and oxygen atoms in total. The molecule has 0 atom stereocenters. The van der Waals surface area contributed by atoms with Crippen molar-refractivity contribution in [1.29, 1.82) is 10.8 Å². The predicted octanol–water partition coefficient (Wildman–Crippen LogP) is -2.18. The van der Waals surface area contributed by atoms with Crippen LogP contribution >= 0.6 is 0 Å². The van der Waals surface area contributed by atoms with Crippen LogP contribution in [-0.2, 0) is 0 Å². The van der Waals surface area contributed by atoms with Crippen molar-refractivity contribution in [2.45, 2.75) is 6.92 Å². The van der Waals surface area contributed by atoms with Crippen molar-refractivity contribution >= 4 is 23.8 Å². The smallest absolute Gasteiger partial charge is 0.223 e. The van der Waals surface area contributed by atoms with Gasteiger partial charge in [-0.2, -0.15) is 10.2 Å². The van der Waals surface area contributed by atoms with E-state index in [4.69, 9.17) is 22.4 Å². The quantitative estimate of drug-likeness (QED) is 0.119. The Hall–Kier alpha value is -2.16. The standard InChI is InChI=1S/C5H13N9/c1-3(12-13-4(6)7)2-10-14-5(8)11-9/h2H,9H2,1H3,(H4,6,7,13)(H3,8,11,14). The summed E-state index contributed by atoms with van der Waals surface area (Å²) in [5, 5.41) is 21.0. The molecule has 0 saturated carbocycles. The maximum absolute atomic E-state index is 6.98. The molecule has 9 heteroatoms. The van der Waals surface area contributed by atoms with Gasteiger partial charge >= 0.3 is 0 Å². The molecule has 0 aromatic carbocycles. The molecule has 14 heavy (non-hydrogen) atoms. The minimum atomic E-state index is -0.262. The number of nitrogens with zero attached hydrogens (tertiary/aromatic N) is 2. The molecule has 0 bridgehead atoms. The van der Waals surface area contributed by atoms with E-state index >= 15 is 0 Å². The summed E-state index contributed by atoms with van der Waals surface area (Å²) in [6, 6.07) is 0. The van der Waals surface area contributed by atoms with E-state index in [0.717, 1.165) is 0 Å². The van der Waals surface area contributed by atoms with Gasteiger partial charge in [-0.15, -0.1) is 0 Å². The molecule has 0 aliphatic carbocycles. The van der Waals surface area contributed by atoms with E-state index in [0.29, 0.717) is 5.71 Å². The van der Waals surface area contributed by atoms with Crippen LogP contribution in [0.5, 0.6) is 0 Å². The molecule has 9 N–H and O–H groups in total. The van der Waals surface area contributed by atoms with Gasteiger partial charge in [-0.1, -0.05) is 0 Å². The average Bonchev–Trinajstić information content (AvgIpc) is 2.14. The van der Waals surface area contributed by atoms with Crippen molar-refractivity contribution in [3.05, 3.63) is 0 Å². The molecule has 78 valence electrons. The van der Waals surface area contributed by atoms with Gasteiger partial charge in [0, 0.05) is 0 Å². The summed E-state index contributed by atoms with van der Waals surface area (Å²) < 4.78 is 0. The second kappa shape index (κ2) is 6.37. The average molecular weight is 199 g/mol. The summed E-state index contributed by atoms with van der Waals surface area (Å²) in [6.45, 7) is 1.64. The van der Waals surface area contributed by atoms with Gasteiger partial charge in [0.2, 0.25) is 11.9 Å². The summed E-state index contributed by atoms with van der Waals surface area (Å²) in [5.74, 6) is 4.48. The highest BCUT2D eigenvalue weighted by molar-refractivity contribution is 6.29. The topological polar surface area (TPSA) is 161 Å². The van der Waals surface area contributed by atoms with E-state index < -0.39 is 0 Å². The molecule has 0 amide bonds. The van der Waals surface area contributed by atoms with E-state index in [2.05, 4.69) is 21.1 Å². The van der Waals surface area contributed by atoms with Gasteiger partial charge < -0.3 is 5.73 Å². The highest BCUT2D eigenvalue weighted by atomic mass is 15.4. The van der Waals surface area contributed by atoms with Crippen molar-refractivity contribution < 1.29 is 0 Å². The molecular weight excluding hydrogens is 186 g/mol. The molecular formula is C5H13N9. The Morgan fingerprint density at radius 2 is 2.00 bits per heavy atom. The lowest BCUT2D eigenvalue weighted by Gasteiger charge is -1.99. The zero-order chi connectivity index (χ0) is 11.0. The molecule has 0 aromatic rings. The van der Waals surface area contributed by atoms with Crippen molar-refractivity contribution in [3.63, 3.8) is 0 Å². The molecule has 0 heterocycles. The zero-order valence-electron chi connectivity index (χ0n) is 7.63. The molecule has 0 spiro atoms. The number of guanidine groups is 2.